The number of fused-ring (bicyclic) bond motifs is 1. The van der Waals surface area contributed by atoms with Crippen LogP contribution in [0.1, 0.15) is 24.0 Å². The summed E-state index contributed by atoms with van der Waals surface area (Å²) in [5, 5.41) is 0.163. The molecule has 0 saturated heterocycles. The summed E-state index contributed by atoms with van der Waals surface area (Å²) in [7, 11) is 6.13. The first-order chi connectivity index (χ1) is 8.88. The van der Waals surface area contributed by atoms with Crippen molar-refractivity contribution in [2.75, 3.05) is 32.6 Å². The molecule has 0 aliphatic carbocycles. The summed E-state index contributed by atoms with van der Waals surface area (Å²) >= 11 is 6.06. The molecule has 0 radical (unpaired) electrons. The van der Waals surface area contributed by atoms with Crippen molar-refractivity contribution in [3.63, 3.8) is 0 Å². The highest BCUT2D eigenvalue weighted by Crippen LogP contribution is 2.42. The average Bonchev–Trinajstić information content (AvgIpc) is 2.35. The van der Waals surface area contributed by atoms with Gasteiger partial charge in [0, 0.05) is 36.8 Å². The molecule has 2 unspecified atom stereocenters. The number of nitrogens with zero attached hydrogens (tertiary/aromatic N) is 2. The minimum absolute atomic E-state index is 0.163. The Balaban J connectivity index is 2.65. The predicted molar refractivity (Wildman–Crippen MR) is 80.7 cm³/mol. The van der Waals surface area contributed by atoms with Gasteiger partial charge in [0.1, 0.15) is 5.82 Å². The van der Waals surface area contributed by atoms with Crippen molar-refractivity contribution in [3.8, 4) is 0 Å². The van der Waals surface area contributed by atoms with E-state index < -0.39 is 0 Å². The second-order valence-corrected chi connectivity index (χ2v) is 5.81. The van der Waals surface area contributed by atoms with Crippen molar-refractivity contribution in [1.82, 2.24) is 4.90 Å². The number of hydrogen-bond acceptors (Lipinski definition) is 2. The van der Waals surface area contributed by atoms with E-state index in [0.29, 0.717) is 11.6 Å². The van der Waals surface area contributed by atoms with Crippen LogP contribution < -0.4 is 4.90 Å². The van der Waals surface area contributed by atoms with Crippen LogP contribution in [0.4, 0.5) is 10.1 Å². The van der Waals surface area contributed by atoms with E-state index in [1.165, 1.54) is 0 Å². The van der Waals surface area contributed by atoms with Crippen LogP contribution in [-0.2, 0) is 0 Å². The second kappa shape index (κ2) is 5.14. The smallest absolute Gasteiger partial charge is 0.142 e. The van der Waals surface area contributed by atoms with Gasteiger partial charge in [-0.05, 0) is 25.7 Å². The zero-order valence-electron chi connectivity index (χ0n) is 11.9. The van der Waals surface area contributed by atoms with Gasteiger partial charge in [0.15, 0.2) is 0 Å². The Bertz CT molecular complexity index is 513. The van der Waals surface area contributed by atoms with Crippen molar-refractivity contribution in [3.05, 3.63) is 34.6 Å². The average molecular weight is 283 g/mol. The molecule has 0 amide bonds. The molecule has 19 heavy (non-hydrogen) atoms. The first-order valence-electron chi connectivity index (χ1n) is 6.40. The number of hydrogen-bond donors (Lipinski definition) is 0. The highest BCUT2D eigenvalue weighted by Gasteiger charge is 2.33. The van der Waals surface area contributed by atoms with E-state index in [-0.39, 0.29) is 16.8 Å². The molecular weight excluding hydrogens is 263 g/mol. The van der Waals surface area contributed by atoms with E-state index in [0.717, 1.165) is 17.8 Å². The molecule has 0 N–H and O–H groups in total. The molecule has 1 heterocycles. The van der Waals surface area contributed by atoms with Gasteiger partial charge in [-0.25, -0.2) is 4.39 Å². The van der Waals surface area contributed by atoms with E-state index in [1.807, 2.05) is 7.05 Å². The van der Waals surface area contributed by atoms with Gasteiger partial charge < -0.3 is 9.80 Å². The van der Waals surface area contributed by atoms with E-state index >= 15 is 0 Å². The van der Waals surface area contributed by atoms with Crippen LogP contribution >= 0.6 is 11.6 Å². The first-order valence-corrected chi connectivity index (χ1v) is 6.78. The summed E-state index contributed by atoms with van der Waals surface area (Å²) in [5.74, 6) is -0.110. The minimum Gasteiger partial charge on any atom is -0.372 e. The van der Waals surface area contributed by atoms with Crippen molar-refractivity contribution >= 4 is 23.4 Å². The molecule has 1 aliphatic rings. The summed E-state index contributed by atoms with van der Waals surface area (Å²) in [5.41, 5.74) is 2.71. The zero-order valence-corrected chi connectivity index (χ0v) is 12.6. The topological polar surface area (TPSA) is 6.48 Å². The van der Waals surface area contributed by atoms with Crippen LogP contribution in [0.25, 0.3) is 6.08 Å². The maximum Gasteiger partial charge on any atom is 0.142 e. The molecule has 1 aromatic rings. The van der Waals surface area contributed by atoms with E-state index in [1.54, 1.807) is 12.1 Å². The highest BCUT2D eigenvalue weighted by atomic mass is 35.5. The van der Waals surface area contributed by atoms with E-state index in [2.05, 4.69) is 37.4 Å². The molecule has 0 aromatic heterocycles. The van der Waals surface area contributed by atoms with Crippen LogP contribution in [0, 0.1) is 5.82 Å². The monoisotopic (exact) mass is 282 g/mol. The lowest BCUT2D eigenvalue weighted by molar-refractivity contribution is 0.257. The third-order valence-corrected chi connectivity index (χ3v) is 4.42. The maximum atomic E-state index is 14.0. The fourth-order valence-corrected chi connectivity index (χ4v) is 3.18. The molecule has 1 aromatic carbocycles. The fraction of sp³-hybridized carbons (Fsp3) is 0.467. The lowest BCUT2D eigenvalue weighted by atomic mass is 9.85. The molecule has 2 rings (SSSR count). The summed E-state index contributed by atoms with van der Waals surface area (Å²) in [6, 6.07) is 1.93. The third kappa shape index (κ3) is 2.26. The molecule has 0 saturated carbocycles. The normalized spacial score (nSPS) is 22.6. The largest absolute Gasteiger partial charge is 0.372 e. The Morgan fingerprint density at radius 1 is 1.53 bits per heavy atom. The fourth-order valence-electron chi connectivity index (χ4n) is 2.96. The Labute approximate surface area is 119 Å². The van der Waals surface area contributed by atoms with Crippen molar-refractivity contribution < 1.29 is 4.39 Å². The van der Waals surface area contributed by atoms with Crippen molar-refractivity contribution in [2.24, 2.45) is 0 Å². The van der Waals surface area contributed by atoms with Crippen LogP contribution in [-0.4, -0.2) is 38.6 Å². The third-order valence-electron chi connectivity index (χ3n) is 4.03. The number of benzene rings is 1. The lowest BCUT2D eigenvalue weighted by Crippen LogP contribution is -2.46. The summed E-state index contributed by atoms with van der Waals surface area (Å²) < 4.78 is 14.0. The van der Waals surface area contributed by atoms with Gasteiger partial charge in [0.2, 0.25) is 0 Å². The molecule has 0 bridgehead atoms. The minimum atomic E-state index is -0.366. The van der Waals surface area contributed by atoms with Crippen LogP contribution in [0.5, 0.6) is 0 Å². The molecule has 1 aliphatic heterocycles. The Morgan fingerprint density at radius 2 is 2.16 bits per heavy atom. The zero-order chi connectivity index (χ0) is 14.3. The maximum absolute atomic E-state index is 14.0. The number of likely N-dealkylation sites (N-methyl/N-ethyl adjacent to an activating group) is 2. The number of halogens is 2. The highest BCUT2D eigenvalue weighted by molar-refractivity contribution is 6.32. The predicted octanol–water partition coefficient (Wildman–Crippen LogP) is 3.61. The molecule has 0 fully saturated rings. The van der Waals surface area contributed by atoms with Gasteiger partial charge in [0.05, 0.1) is 5.02 Å². The van der Waals surface area contributed by atoms with Gasteiger partial charge in [-0.1, -0.05) is 31.2 Å². The SMILES string of the molecule is C=Cc1c(Cl)c(F)cc2c1N(C)CC(N(C)C)C2C. The molecule has 4 heteroatoms. The Morgan fingerprint density at radius 3 is 2.68 bits per heavy atom. The summed E-state index contributed by atoms with van der Waals surface area (Å²) in [6.45, 7) is 6.79. The molecule has 0 spiro atoms. The number of rotatable bonds is 2. The lowest BCUT2D eigenvalue weighted by Gasteiger charge is -2.42. The molecule has 2 nitrogen and oxygen atoms in total. The van der Waals surface area contributed by atoms with Gasteiger partial charge in [0.25, 0.3) is 0 Å². The van der Waals surface area contributed by atoms with Gasteiger partial charge >= 0.3 is 0 Å². The molecular formula is C15H20ClFN2. The number of anilines is 1. The van der Waals surface area contributed by atoms with Crippen LogP contribution in [0.2, 0.25) is 5.02 Å². The van der Waals surface area contributed by atoms with E-state index in [4.69, 9.17) is 11.6 Å². The second-order valence-electron chi connectivity index (χ2n) is 5.43. The van der Waals surface area contributed by atoms with E-state index in [9.17, 15) is 4.39 Å². The Hall–Kier alpha value is -1.06. The standard InChI is InChI=1S/C15H20ClFN2/c1-6-10-14(16)12(17)7-11-9(2)13(18(3)4)8-19(5)15(10)11/h6-7,9,13H,1,8H2,2-5H3. The van der Waals surface area contributed by atoms with Gasteiger partial charge in [-0.3, -0.25) is 0 Å². The quantitative estimate of drug-likeness (QED) is 0.818. The van der Waals surface area contributed by atoms with Crippen LogP contribution in [0.3, 0.4) is 0 Å². The first kappa shape index (κ1) is 14.4. The molecule has 104 valence electrons. The van der Waals surface area contributed by atoms with Gasteiger partial charge in [-0.15, -0.1) is 0 Å². The van der Waals surface area contributed by atoms with Gasteiger partial charge in [-0.2, -0.15) is 0 Å². The molecule has 2 atom stereocenters. The van der Waals surface area contributed by atoms with Crippen molar-refractivity contribution in [2.45, 2.75) is 18.9 Å². The van der Waals surface area contributed by atoms with Crippen LogP contribution in [0.15, 0.2) is 12.6 Å². The summed E-state index contributed by atoms with van der Waals surface area (Å²) in [6.07, 6.45) is 1.64. The van der Waals surface area contributed by atoms with Crippen molar-refractivity contribution in [1.29, 1.82) is 0 Å². The summed E-state index contributed by atoms with van der Waals surface area (Å²) in [4.78, 5) is 4.33. The Kier molecular flexibility index (Phi) is 3.88.